The van der Waals surface area contributed by atoms with Gasteiger partial charge in [0.05, 0.1) is 0 Å². The van der Waals surface area contributed by atoms with Gasteiger partial charge in [0, 0.05) is 19.6 Å². The van der Waals surface area contributed by atoms with E-state index in [1.165, 1.54) is 0 Å². The third kappa shape index (κ3) is 5.18. The Morgan fingerprint density at radius 1 is 1.29 bits per heavy atom. The topological polar surface area (TPSA) is 55.6 Å². The minimum Gasteiger partial charge on any atom is -0.461 e. The lowest BCUT2D eigenvalue weighted by atomic mass is 10.1. The lowest BCUT2D eigenvalue weighted by Crippen LogP contribution is -2.39. The number of piperidine rings is 1. The summed E-state index contributed by atoms with van der Waals surface area (Å²) in [6, 6.07) is 8.61. The van der Waals surface area contributed by atoms with Crippen LogP contribution in [0.5, 0.6) is 0 Å². The fourth-order valence-electron chi connectivity index (χ4n) is 2.81. The van der Waals surface area contributed by atoms with Crippen molar-refractivity contribution in [3.63, 3.8) is 0 Å². The molecule has 0 bridgehead atoms. The first-order valence-corrected chi connectivity index (χ1v) is 8.31. The maximum atomic E-state index is 12.2. The molecule has 2 N–H and O–H groups in total. The van der Waals surface area contributed by atoms with Crippen molar-refractivity contribution < 1.29 is 9.53 Å². The summed E-state index contributed by atoms with van der Waals surface area (Å²) < 4.78 is 5.59. The van der Waals surface area contributed by atoms with Crippen LogP contribution < -0.4 is 5.73 Å². The molecule has 1 atom stereocenters. The van der Waals surface area contributed by atoms with Crippen molar-refractivity contribution in [2.45, 2.75) is 25.0 Å². The van der Waals surface area contributed by atoms with Crippen molar-refractivity contribution >= 4 is 5.97 Å². The van der Waals surface area contributed by atoms with Gasteiger partial charge in [0.2, 0.25) is 0 Å². The van der Waals surface area contributed by atoms with Crippen LogP contribution in [0.4, 0.5) is 0 Å². The average molecular weight is 326 g/mol. The number of hydrogen-bond donors (Lipinski definition) is 1. The number of likely N-dealkylation sites (tertiary alicyclic amines) is 1. The van der Waals surface area contributed by atoms with E-state index in [2.05, 4.69) is 18.1 Å². The number of esters is 1. The maximum Gasteiger partial charge on any atom is 0.327 e. The van der Waals surface area contributed by atoms with Gasteiger partial charge in [0.15, 0.2) is 0 Å². The van der Waals surface area contributed by atoms with Crippen LogP contribution in [0.25, 0.3) is 0 Å². The summed E-state index contributed by atoms with van der Waals surface area (Å²) in [5, 5.41) is 0. The SMILES string of the molecule is C=C/C=C(\C=C)CN1CCC(OC(=O)C(N)c2ccccc2)CC1. The first-order valence-electron chi connectivity index (χ1n) is 8.31. The Morgan fingerprint density at radius 2 is 1.96 bits per heavy atom. The highest BCUT2D eigenvalue weighted by Gasteiger charge is 2.25. The van der Waals surface area contributed by atoms with E-state index in [4.69, 9.17) is 10.5 Å². The van der Waals surface area contributed by atoms with Crippen LogP contribution >= 0.6 is 0 Å². The summed E-state index contributed by atoms with van der Waals surface area (Å²) in [4.78, 5) is 14.5. The molecule has 1 aromatic rings. The van der Waals surface area contributed by atoms with Crippen LogP contribution in [-0.2, 0) is 9.53 Å². The first-order chi connectivity index (χ1) is 11.6. The molecule has 0 aromatic heterocycles. The fraction of sp³-hybridized carbons (Fsp3) is 0.350. The second-order valence-electron chi connectivity index (χ2n) is 5.98. The van der Waals surface area contributed by atoms with Crippen LogP contribution in [0.15, 0.2) is 67.3 Å². The summed E-state index contributed by atoms with van der Waals surface area (Å²) in [6.07, 6.45) is 7.19. The normalized spacial score (nSPS) is 18.0. The molecule has 4 nitrogen and oxygen atoms in total. The third-order valence-electron chi connectivity index (χ3n) is 4.23. The standard InChI is InChI=1S/C20H26N2O2/c1-3-8-16(4-2)15-22-13-11-18(12-14-22)24-20(23)19(21)17-9-6-5-7-10-17/h3-10,18-19H,1-2,11-15,21H2/b16-8+. The van der Waals surface area contributed by atoms with Crippen molar-refractivity contribution in [2.75, 3.05) is 19.6 Å². The van der Waals surface area contributed by atoms with Crippen molar-refractivity contribution in [3.05, 3.63) is 72.9 Å². The molecule has 0 saturated carbocycles. The number of carbonyl (C=O) groups excluding carboxylic acids is 1. The van der Waals surface area contributed by atoms with Crippen molar-refractivity contribution in [3.8, 4) is 0 Å². The molecule has 1 aliphatic rings. The molecular formula is C20H26N2O2. The summed E-state index contributed by atoms with van der Waals surface area (Å²) >= 11 is 0. The molecule has 2 rings (SSSR count). The van der Waals surface area contributed by atoms with E-state index in [0.717, 1.165) is 43.6 Å². The van der Waals surface area contributed by atoms with Gasteiger partial charge in [-0.05, 0) is 24.0 Å². The predicted octanol–water partition coefficient (Wildman–Crippen LogP) is 2.99. The molecule has 0 radical (unpaired) electrons. The number of carbonyl (C=O) groups is 1. The fourth-order valence-corrected chi connectivity index (χ4v) is 2.81. The highest BCUT2D eigenvalue weighted by Crippen LogP contribution is 2.18. The molecule has 1 aliphatic heterocycles. The monoisotopic (exact) mass is 326 g/mol. The van der Waals surface area contributed by atoms with E-state index in [0.29, 0.717) is 0 Å². The van der Waals surface area contributed by atoms with Crippen LogP contribution in [0.1, 0.15) is 24.4 Å². The molecule has 0 aliphatic carbocycles. The molecule has 1 aromatic carbocycles. The minimum atomic E-state index is -0.716. The van der Waals surface area contributed by atoms with Gasteiger partial charge in [0.1, 0.15) is 12.1 Å². The van der Waals surface area contributed by atoms with Gasteiger partial charge < -0.3 is 10.5 Å². The lowest BCUT2D eigenvalue weighted by Gasteiger charge is -2.32. The van der Waals surface area contributed by atoms with Crippen molar-refractivity contribution in [1.29, 1.82) is 0 Å². The summed E-state index contributed by atoms with van der Waals surface area (Å²) in [7, 11) is 0. The Hall–Kier alpha value is -2.17. The minimum absolute atomic E-state index is 0.0564. The van der Waals surface area contributed by atoms with Gasteiger partial charge in [-0.15, -0.1) is 0 Å². The number of nitrogens with zero attached hydrogens (tertiary/aromatic N) is 1. The number of rotatable bonds is 7. The Kier molecular flexibility index (Phi) is 6.97. The van der Waals surface area contributed by atoms with E-state index in [1.54, 1.807) is 6.08 Å². The van der Waals surface area contributed by atoms with Gasteiger partial charge in [-0.1, -0.05) is 61.7 Å². The Morgan fingerprint density at radius 3 is 2.54 bits per heavy atom. The zero-order valence-corrected chi connectivity index (χ0v) is 14.1. The third-order valence-corrected chi connectivity index (χ3v) is 4.23. The van der Waals surface area contributed by atoms with E-state index >= 15 is 0 Å². The molecular weight excluding hydrogens is 300 g/mol. The van der Waals surface area contributed by atoms with Gasteiger partial charge in [-0.3, -0.25) is 4.90 Å². The molecule has 0 spiro atoms. The molecule has 1 fully saturated rings. The van der Waals surface area contributed by atoms with Gasteiger partial charge in [0.25, 0.3) is 0 Å². The number of allylic oxidation sites excluding steroid dienone is 2. The Bertz CT molecular complexity index is 587. The second kappa shape index (κ2) is 9.21. The number of ether oxygens (including phenoxy) is 1. The molecule has 4 heteroatoms. The summed E-state index contributed by atoms with van der Waals surface area (Å²) in [6.45, 7) is 10.2. The first kappa shape index (κ1) is 18.2. The van der Waals surface area contributed by atoms with Crippen molar-refractivity contribution in [2.24, 2.45) is 5.73 Å². The largest absolute Gasteiger partial charge is 0.461 e. The lowest BCUT2D eigenvalue weighted by molar-refractivity contribution is -0.153. The summed E-state index contributed by atoms with van der Waals surface area (Å²) in [5.74, 6) is -0.349. The van der Waals surface area contributed by atoms with Crippen LogP contribution in [0.2, 0.25) is 0 Å². The molecule has 24 heavy (non-hydrogen) atoms. The van der Waals surface area contributed by atoms with E-state index in [1.807, 2.05) is 42.5 Å². The second-order valence-corrected chi connectivity index (χ2v) is 5.98. The molecule has 1 saturated heterocycles. The van der Waals surface area contributed by atoms with Gasteiger partial charge in [-0.2, -0.15) is 0 Å². The number of benzene rings is 1. The Balaban J connectivity index is 1.80. The molecule has 1 heterocycles. The highest BCUT2D eigenvalue weighted by molar-refractivity contribution is 5.77. The van der Waals surface area contributed by atoms with E-state index in [-0.39, 0.29) is 12.1 Å². The molecule has 0 amide bonds. The van der Waals surface area contributed by atoms with E-state index < -0.39 is 6.04 Å². The quantitative estimate of drug-likeness (QED) is 0.618. The average Bonchev–Trinajstić information content (AvgIpc) is 2.63. The molecule has 1 unspecified atom stereocenters. The van der Waals surface area contributed by atoms with Gasteiger partial charge in [-0.25, -0.2) is 4.79 Å². The van der Waals surface area contributed by atoms with E-state index in [9.17, 15) is 4.79 Å². The number of nitrogens with two attached hydrogens (primary N) is 1. The van der Waals surface area contributed by atoms with Gasteiger partial charge >= 0.3 is 5.97 Å². The smallest absolute Gasteiger partial charge is 0.327 e. The zero-order chi connectivity index (χ0) is 17.4. The maximum absolute atomic E-state index is 12.2. The van der Waals surface area contributed by atoms with Crippen LogP contribution in [0, 0.1) is 0 Å². The zero-order valence-electron chi connectivity index (χ0n) is 14.1. The van der Waals surface area contributed by atoms with Crippen LogP contribution in [0.3, 0.4) is 0 Å². The number of hydrogen-bond acceptors (Lipinski definition) is 4. The Labute approximate surface area is 144 Å². The highest BCUT2D eigenvalue weighted by atomic mass is 16.5. The van der Waals surface area contributed by atoms with Crippen LogP contribution in [-0.4, -0.2) is 36.6 Å². The van der Waals surface area contributed by atoms with Crippen molar-refractivity contribution in [1.82, 2.24) is 4.90 Å². The summed E-state index contributed by atoms with van der Waals surface area (Å²) in [5.41, 5.74) is 7.91. The predicted molar refractivity (Wildman–Crippen MR) is 97.4 cm³/mol. The molecule has 128 valence electrons.